The number of ketones is 1. The van der Waals surface area contributed by atoms with Crippen LogP contribution in [0.25, 0.3) is 0 Å². The second-order valence-corrected chi connectivity index (χ2v) is 6.64. The highest BCUT2D eigenvalue weighted by atomic mass is 16.1. The van der Waals surface area contributed by atoms with Gasteiger partial charge in [0, 0.05) is 23.1 Å². The molecule has 0 bridgehead atoms. The van der Waals surface area contributed by atoms with E-state index in [1.165, 1.54) is 6.92 Å². The fourth-order valence-electron chi connectivity index (χ4n) is 2.98. The van der Waals surface area contributed by atoms with Gasteiger partial charge in [-0.1, -0.05) is 25.1 Å². The Hall–Kier alpha value is -3.47. The molecule has 28 heavy (non-hydrogen) atoms. The van der Waals surface area contributed by atoms with Gasteiger partial charge in [-0.15, -0.1) is 0 Å². The zero-order chi connectivity index (χ0) is 20.1. The topological polar surface area (TPSA) is 71.1 Å². The van der Waals surface area contributed by atoms with Crippen LogP contribution in [0.4, 0.5) is 17.1 Å². The molecular weight excluding hydrogens is 350 g/mol. The van der Waals surface area contributed by atoms with E-state index < -0.39 is 0 Å². The van der Waals surface area contributed by atoms with Gasteiger partial charge in [0.25, 0.3) is 5.91 Å². The molecule has 2 N–H and O–H groups in total. The summed E-state index contributed by atoms with van der Waals surface area (Å²) in [5.74, 6) is -0.179. The van der Waals surface area contributed by atoms with Crippen molar-refractivity contribution in [2.45, 2.75) is 27.2 Å². The predicted octanol–water partition coefficient (Wildman–Crippen LogP) is 5.15. The molecule has 142 valence electrons. The Labute approximate surface area is 164 Å². The van der Waals surface area contributed by atoms with Crippen LogP contribution < -0.4 is 10.6 Å². The first kappa shape index (κ1) is 19.3. The second-order valence-electron chi connectivity index (χ2n) is 6.64. The Kier molecular flexibility index (Phi) is 5.84. The molecular formula is C23H23N3O2. The van der Waals surface area contributed by atoms with Gasteiger partial charge in [0.1, 0.15) is 0 Å². The summed E-state index contributed by atoms with van der Waals surface area (Å²) >= 11 is 0. The van der Waals surface area contributed by atoms with Crippen LogP contribution in [0.2, 0.25) is 0 Å². The van der Waals surface area contributed by atoms with Crippen molar-refractivity contribution < 1.29 is 9.59 Å². The van der Waals surface area contributed by atoms with Crippen LogP contribution in [0, 0.1) is 6.92 Å². The molecule has 0 aliphatic rings. The Balaban J connectivity index is 1.77. The van der Waals surface area contributed by atoms with Gasteiger partial charge in [-0.25, -0.2) is 0 Å². The number of para-hydroxylation sites is 1. The number of rotatable bonds is 6. The molecule has 0 saturated carbocycles. The third-order valence-electron chi connectivity index (χ3n) is 4.56. The van der Waals surface area contributed by atoms with Crippen molar-refractivity contribution in [2.75, 3.05) is 10.6 Å². The maximum Gasteiger partial charge on any atom is 0.257 e. The van der Waals surface area contributed by atoms with Crippen LogP contribution >= 0.6 is 0 Å². The minimum atomic E-state index is -0.202. The maximum absolute atomic E-state index is 12.7. The lowest BCUT2D eigenvalue weighted by Crippen LogP contribution is -2.14. The molecule has 1 aromatic heterocycles. The largest absolute Gasteiger partial charge is 0.354 e. The van der Waals surface area contributed by atoms with E-state index in [1.54, 1.807) is 30.6 Å². The van der Waals surface area contributed by atoms with E-state index in [1.807, 2.05) is 37.3 Å². The first-order chi connectivity index (χ1) is 13.5. The summed E-state index contributed by atoms with van der Waals surface area (Å²) < 4.78 is 0. The molecule has 0 radical (unpaired) electrons. The molecule has 3 aromatic rings. The number of Topliss-reactive ketones (excluding diaryl/α,β-unsaturated/α-hetero) is 1. The molecule has 1 amide bonds. The summed E-state index contributed by atoms with van der Waals surface area (Å²) in [4.78, 5) is 28.3. The van der Waals surface area contributed by atoms with E-state index in [4.69, 9.17) is 0 Å². The molecule has 3 rings (SSSR count). The number of aromatic nitrogens is 1. The predicted molar refractivity (Wildman–Crippen MR) is 112 cm³/mol. The minimum absolute atomic E-state index is 0.0227. The van der Waals surface area contributed by atoms with E-state index in [0.717, 1.165) is 28.9 Å². The van der Waals surface area contributed by atoms with Gasteiger partial charge in [0.05, 0.1) is 17.4 Å². The SMILES string of the molecule is CCc1cccc(C)c1NC(=O)c1cncc(Nc2ccc(C(C)=O)cc2)c1. The molecule has 5 nitrogen and oxygen atoms in total. The Bertz CT molecular complexity index is 1010. The van der Waals surface area contributed by atoms with Crippen molar-refractivity contribution in [3.63, 3.8) is 0 Å². The van der Waals surface area contributed by atoms with E-state index in [2.05, 4.69) is 22.5 Å². The van der Waals surface area contributed by atoms with Gasteiger partial charge in [0.15, 0.2) is 5.78 Å². The van der Waals surface area contributed by atoms with Gasteiger partial charge in [-0.2, -0.15) is 0 Å². The number of nitrogens with one attached hydrogen (secondary N) is 2. The fourth-order valence-corrected chi connectivity index (χ4v) is 2.98. The summed E-state index contributed by atoms with van der Waals surface area (Å²) in [5, 5.41) is 6.22. The van der Waals surface area contributed by atoms with Gasteiger partial charge in [-0.05, 0) is 61.7 Å². The smallest absolute Gasteiger partial charge is 0.257 e. The van der Waals surface area contributed by atoms with Crippen molar-refractivity contribution in [2.24, 2.45) is 0 Å². The number of carbonyl (C=O) groups excluding carboxylic acids is 2. The van der Waals surface area contributed by atoms with Crippen LogP contribution in [0.1, 0.15) is 45.7 Å². The normalized spacial score (nSPS) is 10.4. The molecule has 0 atom stereocenters. The van der Waals surface area contributed by atoms with Crippen molar-refractivity contribution >= 4 is 28.8 Å². The quantitative estimate of drug-likeness (QED) is 0.586. The average Bonchev–Trinajstić information content (AvgIpc) is 2.70. The highest BCUT2D eigenvalue weighted by Crippen LogP contribution is 2.23. The van der Waals surface area contributed by atoms with Gasteiger partial charge < -0.3 is 10.6 Å². The number of carbonyl (C=O) groups is 2. The number of hydrogen-bond acceptors (Lipinski definition) is 4. The van der Waals surface area contributed by atoms with Gasteiger partial charge in [-0.3, -0.25) is 14.6 Å². The molecule has 0 aliphatic carbocycles. The van der Waals surface area contributed by atoms with Crippen molar-refractivity contribution in [1.82, 2.24) is 4.98 Å². The molecule has 0 aliphatic heterocycles. The first-order valence-electron chi connectivity index (χ1n) is 9.21. The zero-order valence-electron chi connectivity index (χ0n) is 16.2. The van der Waals surface area contributed by atoms with E-state index in [0.29, 0.717) is 16.8 Å². The molecule has 2 aromatic carbocycles. The third kappa shape index (κ3) is 4.43. The summed E-state index contributed by atoms with van der Waals surface area (Å²) in [7, 11) is 0. The Morgan fingerprint density at radius 1 is 0.964 bits per heavy atom. The van der Waals surface area contributed by atoms with Crippen LogP contribution in [0.15, 0.2) is 60.9 Å². The fraction of sp³-hybridized carbons (Fsp3) is 0.174. The number of pyridine rings is 1. The van der Waals surface area contributed by atoms with Crippen molar-refractivity contribution in [1.29, 1.82) is 0 Å². The molecule has 0 unspecified atom stereocenters. The minimum Gasteiger partial charge on any atom is -0.354 e. The lowest BCUT2D eigenvalue weighted by atomic mass is 10.1. The second kappa shape index (κ2) is 8.48. The molecule has 0 fully saturated rings. The van der Waals surface area contributed by atoms with E-state index in [9.17, 15) is 9.59 Å². The monoisotopic (exact) mass is 373 g/mol. The average molecular weight is 373 g/mol. The summed E-state index contributed by atoms with van der Waals surface area (Å²) in [6.07, 6.45) is 4.04. The highest BCUT2D eigenvalue weighted by Gasteiger charge is 2.12. The zero-order valence-corrected chi connectivity index (χ0v) is 16.2. The van der Waals surface area contributed by atoms with E-state index in [-0.39, 0.29) is 11.7 Å². The molecule has 0 spiro atoms. The third-order valence-corrected chi connectivity index (χ3v) is 4.56. The first-order valence-corrected chi connectivity index (χ1v) is 9.21. The summed E-state index contributed by atoms with van der Waals surface area (Å²) in [5.41, 5.74) is 5.62. The van der Waals surface area contributed by atoms with Gasteiger partial charge >= 0.3 is 0 Å². The summed E-state index contributed by atoms with van der Waals surface area (Å²) in [6, 6.07) is 14.9. The number of anilines is 3. The molecule has 0 saturated heterocycles. The maximum atomic E-state index is 12.7. The molecule has 5 heteroatoms. The number of amides is 1. The lowest BCUT2D eigenvalue weighted by Gasteiger charge is -2.13. The standard InChI is InChI=1S/C23H23N3O2/c1-4-17-7-5-6-15(2)22(17)26-23(28)19-12-21(14-24-13-19)25-20-10-8-18(9-11-20)16(3)27/h5-14,25H,4H2,1-3H3,(H,26,28). The van der Waals surface area contributed by atoms with Crippen molar-refractivity contribution in [3.8, 4) is 0 Å². The Morgan fingerprint density at radius 2 is 1.71 bits per heavy atom. The highest BCUT2D eigenvalue weighted by molar-refractivity contribution is 6.05. The van der Waals surface area contributed by atoms with Gasteiger partial charge in [0.2, 0.25) is 0 Å². The lowest BCUT2D eigenvalue weighted by molar-refractivity contribution is 0.101. The van der Waals surface area contributed by atoms with Crippen molar-refractivity contribution in [3.05, 3.63) is 83.2 Å². The number of nitrogens with zero attached hydrogens (tertiary/aromatic N) is 1. The van der Waals surface area contributed by atoms with E-state index >= 15 is 0 Å². The number of benzene rings is 2. The Morgan fingerprint density at radius 3 is 2.39 bits per heavy atom. The van der Waals surface area contributed by atoms with Crippen LogP contribution in [0.5, 0.6) is 0 Å². The number of hydrogen-bond donors (Lipinski definition) is 2. The molecule has 1 heterocycles. The number of aryl methyl sites for hydroxylation is 2. The summed E-state index contributed by atoms with van der Waals surface area (Å²) in [6.45, 7) is 5.58. The van der Waals surface area contributed by atoms with Crippen LogP contribution in [-0.2, 0) is 6.42 Å². The van der Waals surface area contributed by atoms with Crippen LogP contribution in [0.3, 0.4) is 0 Å². The van der Waals surface area contributed by atoms with Crippen LogP contribution in [-0.4, -0.2) is 16.7 Å².